The molecule has 106 valence electrons. The van der Waals surface area contributed by atoms with Gasteiger partial charge in [0.05, 0.1) is 18.7 Å². The SMILES string of the molecule is CCOC(=O)CCC(=O)CCc1ccn(C(C)C)n1. The van der Waals surface area contributed by atoms with Gasteiger partial charge in [-0.05, 0) is 33.3 Å². The molecule has 0 aliphatic rings. The van der Waals surface area contributed by atoms with E-state index in [9.17, 15) is 9.59 Å². The molecule has 0 fully saturated rings. The molecule has 0 saturated carbocycles. The lowest BCUT2D eigenvalue weighted by Gasteiger charge is -2.04. The minimum Gasteiger partial charge on any atom is -0.466 e. The second-order valence-corrected chi connectivity index (χ2v) is 4.72. The number of aromatic nitrogens is 2. The highest BCUT2D eigenvalue weighted by Gasteiger charge is 2.09. The van der Waals surface area contributed by atoms with Crippen molar-refractivity contribution in [3.8, 4) is 0 Å². The molecule has 5 heteroatoms. The fraction of sp³-hybridized carbons (Fsp3) is 0.643. The molecule has 0 unspecified atom stereocenters. The third-order valence-corrected chi connectivity index (χ3v) is 2.77. The maximum atomic E-state index is 11.6. The van der Waals surface area contributed by atoms with Gasteiger partial charge in [0.1, 0.15) is 5.78 Å². The van der Waals surface area contributed by atoms with Gasteiger partial charge in [-0.3, -0.25) is 14.3 Å². The van der Waals surface area contributed by atoms with Crippen LogP contribution in [0, 0.1) is 0 Å². The molecule has 0 spiro atoms. The Hall–Kier alpha value is -1.65. The van der Waals surface area contributed by atoms with Crippen LogP contribution in [0.4, 0.5) is 0 Å². The average molecular weight is 266 g/mol. The van der Waals surface area contributed by atoms with Gasteiger partial charge >= 0.3 is 5.97 Å². The minimum absolute atomic E-state index is 0.0761. The maximum Gasteiger partial charge on any atom is 0.306 e. The number of aryl methyl sites for hydroxylation is 1. The van der Waals surface area contributed by atoms with Crippen LogP contribution < -0.4 is 0 Å². The van der Waals surface area contributed by atoms with Gasteiger partial charge in [0, 0.05) is 25.1 Å². The molecule has 0 aliphatic carbocycles. The largest absolute Gasteiger partial charge is 0.466 e. The zero-order valence-electron chi connectivity index (χ0n) is 11.9. The first-order valence-electron chi connectivity index (χ1n) is 6.74. The molecule has 0 N–H and O–H groups in total. The summed E-state index contributed by atoms with van der Waals surface area (Å²) in [6.07, 6.45) is 3.40. The predicted molar refractivity (Wildman–Crippen MR) is 71.8 cm³/mol. The van der Waals surface area contributed by atoms with Gasteiger partial charge < -0.3 is 4.74 Å². The minimum atomic E-state index is -0.306. The molecule has 0 radical (unpaired) electrons. The normalized spacial score (nSPS) is 10.7. The number of hydrogen-bond acceptors (Lipinski definition) is 4. The van der Waals surface area contributed by atoms with E-state index in [0.29, 0.717) is 25.5 Å². The van der Waals surface area contributed by atoms with Crippen LogP contribution in [0.5, 0.6) is 0 Å². The highest BCUT2D eigenvalue weighted by molar-refractivity contribution is 5.83. The Kier molecular flexibility index (Phi) is 6.25. The van der Waals surface area contributed by atoms with Gasteiger partial charge in [-0.1, -0.05) is 0 Å². The van der Waals surface area contributed by atoms with Crippen LogP contribution in [0.3, 0.4) is 0 Å². The molecule has 0 aromatic carbocycles. The Morgan fingerprint density at radius 1 is 1.32 bits per heavy atom. The highest BCUT2D eigenvalue weighted by atomic mass is 16.5. The number of ketones is 1. The van der Waals surface area contributed by atoms with Crippen molar-refractivity contribution in [2.24, 2.45) is 0 Å². The van der Waals surface area contributed by atoms with Crippen LogP contribution in [-0.4, -0.2) is 28.1 Å². The first kappa shape index (κ1) is 15.4. The van der Waals surface area contributed by atoms with Crippen molar-refractivity contribution in [2.45, 2.75) is 52.5 Å². The van der Waals surface area contributed by atoms with Gasteiger partial charge in [-0.15, -0.1) is 0 Å². The van der Waals surface area contributed by atoms with E-state index in [4.69, 9.17) is 4.74 Å². The van der Waals surface area contributed by atoms with Crippen molar-refractivity contribution in [3.05, 3.63) is 18.0 Å². The van der Waals surface area contributed by atoms with Crippen molar-refractivity contribution in [1.82, 2.24) is 9.78 Å². The van der Waals surface area contributed by atoms with Crippen LogP contribution in [0.25, 0.3) is 0 Å². The second kappa shape index (κ2) is 7.71. The maximum absolute atomic E-state index is 11.6. The van der Waals surface area contributed by atoms with Crippen LogP contribution >= 0.6 is 0 Å². The third-order valence-electron chi connectivity index (χ3n) is 2.77. The van der Waals surface area contributed by atoms with Crippen molar-refractivity contribution >= 4 is 11.8 Å². The van der Waals surface area contributed by atoms with E-state index in [-0.39, 0.29) is 24.6 Å². The zero-order valence-corrected chi connectivity index (χ0v) is 11.9. The summed E-state index contributed by atoms with van der Waals surface area (Å²) < 4.78 is 6.65. The van der Waals surface area contributed by atoms with E-state index in [2.05, 4.69) is 18.9 Å². The van der Waals surface area contributed by atoms with E-state index in [1.54, 1.807) is 6.92 Å². The van der Waals surface area contributed by atoms with Gasteiger partial charge in [0.25, 0.3) is 0 Å². The number of Topliss-reactive ketones (excluding diaryl/α,β-unsaturated/α-hetero) is 1. The Morgan fingerprint density at radius 3 is 2.63 bits per heavy atom. The molecule has 1 aromatic heterocycles. The number of hydrogen-bond donors (Lipinski definition) is 0. The summed E-state index contributed by atoms with van der Waals surface area (Å²) in [6.45, 7) is 6.23. The van der Waals surface area contributed by atoms with Crippen molar-refractivity contribution in [3.63, 3.8) is 0 Å². The Balaban J connectivity index is 2.27. The summed E-state index contributed by atoms with van der Waals surface area (Å²) in [7, 11) is 0. The van der Waals surface area contributed by atoms with Gasteiger partial charge in [0.15, 0.2) is 0 Å². The standard InChI is InChI=1S/C14H22N2O3/c1-4-19-14(18)8-7-13(17)6-5-12-9-10-16(15-12)11(2)3/h9-11H,4-8H2,1-3H3. The topological polar surface area (TPSA) is 61.2 Å². The van der Waals surface area contributed by atoms with Gasteiger partial charge in [0.2, 0.25) is 0 Å². The van der Waals surface area contributed by atoms with E-state index in [1.807, 2.05) is 16.9 Å². The van der Waals surface area contributed by atoms with Crippen LogP contribution in [0.1, 0.15) is 51.8 Å². The monoisotopic (exact) mass is 266 g/mol. The van der Waals surface area contributed by atoms with Crippen molar-refractivity contribution in [2.75, 3.05) is 6.61 Å². The summed E-state index contributed by atoms with van der Waals surface area (Å²) in [4.78, 5) is 22.7. The fourth-order valence-corrected chi connectivity index (χ4v) is 1.67. The van der Waals surface area contributed by atoms with E-state index >= 15 is 0 Å². The lowest BCUT2D eigenvalue weighted by molar-refractivity contribution is -0.144. The molecule has 5 nitrogen and oxygen atoms in total. The second-order valence-electron chi connectivity index (χ2n) is 4.72. The Bertz CT molecular complexity index is 424. The molecule has 0 atom stereocenters. The van der Waals surface area contributed by atoms with Gasteiger partial charge in [-0.2, -0.15) is 5.10 Å². The Morgan fingerprint density at radius 2 is 2.05 bits per heavy atom. The first-order valence-corrected chi connectivity index (χ1v) is 6.74. The number of carbonyl (C=O) groups is 2. The predicted octanol–water partition coefficient (Wildman–Crippen LogP) is 2.31. The quantitative estimate of drug-likeness (QED) is 0.677. The number of carbonyl (C=O) groups excluding carboxylic acids is 2. The van der Waals surface area contributed by atoms with Crippen molar-refractivity contribution < 1.29 is 14.3 Å². The molecular formula is C14H22N2O3. The number of rotatable bonds is 8. The van der Waals surface area contributed by atoms with E-state index < -0.39 is 0 Å². The number of esters is 1. The molecule has 19 heavy (non-hydrogen) atoms. The van der Waals surface area contributed by atoms with Crippen LogP contribution in [0.2, 0.25) is 0 Å². The lowest BCUT2D eigenvalue weighted by Crippen LogP contribution is -2.08. The summed E-state index contributed by atoms with van der Waals surface area (Å²) in [5.41, 5.74) is 0.915. The molecule has 1 rings (SSSR count). The van der Waals surface area contributed by atoms with Crippen LogP contribution in [-0.2, 0) is 20.7 Å². The molecule has 1 heterocycles. The molecule has 0 bridgehead atoms. The lowest BCUT2D eigenvalue weighted by atomic mass is 10.1. The van der Waals surface area contributed by atoms with E-state index in [0.717, 1.165) is 5.69 Å². The van der Waals surface area contributed by atoms with Crippen molar-refractivity contribution in [1.29, 1.82) is 0 Å². The zero-order chi connectivity index (χ0) is 14.3. The van der Waals surface area contributed by atoms with E-state index in [1.165, 1.54) is 0 Å². The number of nitrogens with zero attached hydrogens (tertiary/aromatic N) is 2. The molecule has 0 amide bonds. The highest BCUT2D eigenvalue weighted by Crippen LogP contribution is 2.07. The Labute approximate surface area is 113 Å². The first-order chi connectivity index (χ1) is 9.02. The summed E-state index contributed by atoms with van der Waals surface area (Å²) in [5, 5.41) is 4.38. The molecule has 0 saturated heterocycles. The average Bonchev–Trinajstić information content (AvgIpc) is 2.83. The van der Waals surface area contributed by atoms with Gasteiger partial charge in [-0.25, -0.2) is 0 Å². The fourth-order valence-electron chi connectivity index (χ4n) is 1.67. The third kappa shape index (κ3) is 5.68. The number of ether oxygens (including phenoxy) is 1. The molecular weight excluding hydrogens is 244 g/mol. The summed E-state index contributed by atoms with van der Waals surface area (Å²) >= 11 is 0. The molecule has 0 aliphatic heterocycles. The summed E-state index contributed by atoms with van der Waals surface area (Å²) in [6, 6.07) is 2.26. The smallest absolute Gasteiger partial charge is 0.306 e. The van der Waals surface area contributed by atoms with Crippen LogP contribution in [0.15, 0.2) is 12.3 Å². The summed E-state index contributed by atoms with van der Waals surface area (Å²) in [5.74, 6) is -0.230. The molecule has 1 aromatic rings.